The summed E-state index contributed by atoms with van der Waals surface area (Å²) in [5, 5.41) is 9.43. The van der Waals surface area contributed by atoms with Gasteiger partial charge in [0.25, 0.3) is 0 Å². The van der Waals surface area contributed by atoms with Gasteiger partial charge in [-0.25, -0.2) is 4.39 Å². The van der Waals surface area contributed by atoms with Gasteiger partial charge >= 0.3 is 0 Å². The molecule has 1 aromatic heterocycles. The van der Waals surface area contributed by atoms with E-state index in [-0.39, 0.29) is 5.82 Å². The molecule has 3 rings (SSSR count). The molecule has 0 saturated carbocycles. The van der Waals surface area contributed by atoms with Gasteiger partial charge in [-0.2, -0.15) is 5.26 Å². The van der Waals surface area contributed by atoms with Crippen LogP contribution in [0.5, 0.6) is 5.75 Å². The molecule has 0 N–H and O–H groups in total. The summed E-state index contributed by atoms with van der Waals surface area (Å²) < 4.78 is 20.5. The minimum absolute atomic E-state index is 0.362. The predicted octanol–water partition coefficient (Wildman–Crippen LogP) is 4.69. The van der Waals surface area contributed by atoms with Crippen molar-refractivity contribution in [2.75, 3.05) is 7.11 Å². The van der Waals surface area contributed by atoms with Crippen molar-refractivity contribution in [3.8, 4) is 17.5 Å². The SMILES string of the molecule is COc1ccc(-n2cccc2/C=C(/C#N)c2cccc(F)c2)cc1. The van der Waals surface area contributed by atoms with Crippen LogP contribution >= 0.6 is 0 Å². The van der Waals surface area contributed by atoms with Gasteiger partial charge in [-0.15, -0.1) is 0 Å². The Balaban J connectivity index is 2.01. The van der Waals surface area contributed by atoms with Gasteiger partial charge in [-0.3, -0.25) is 0 Å². The van der Waals surface area contributed by atoms with Crippen LogP contribution in [0.2, 0.25) is 0 Å². The Labute approximate surface area is 139 Å². The van der Waals surface area contributed by atoms with Crippen LogP contribution in [0.3, 0.4) is 0 Å². The maximum absolute atomic E-state index is 13.4. The van der Waals surface area contributed by atoms with Crippen LogP contribution in [0.1, 0.15) is 11.3 Å². The van der Waals surface area contributed by atoms with Gasteiger partial charge < -0.3 is 9.30 Å². The summed E-state index contributed by atoms with van der Waals surface area (Å²) in [4.78, 5) is 0. The van der Waals surface area contributed by atoms with Crippen molar-refractivity contribution in [3.05, 3.63) is 83.9 Å². The van der Waals surface area contributed by atoms with Gasteiger partial charge in [-0.1, -0.05) is 12.1 Å². The van der Waals surface area contributed by atoms with Crippen LogP contribution in [-0.2, 0) is 0 Å². The Morgan fingerprint density at radius 2 is 1.92 bits per heavy atom. The Bertz CT molecular complexity index is 917. The Hall–Kier alpha value is -3.32. The molecule has 0 aliphatic rings. The van der Waals surface area contributed by atoms with E-state index in [0.29, 0.717) is 11.1 Å². The number of rotatable bonds is 4. The molecule has 0 amide bonds. The van der Waals surface area contributed by atoms with E-state index in [1.165, 1.54) is 12.1 Å². The number of ether oxygens (including phenoxy) is 1. The van der Waals surface area contributed by atoms with E-state index in [9.17, 15) is 9.65 Å². The zero-order valence-electron chi connectivity index (χ0n) is 13.1. The second-order valence-corrected chi connectivity index (χ2v) is 5.18. The average molecular weight is 318 g/mol. The zero-order chi connectivity index (χ0) is 16.9. The molecule has 0 bridgehead atoms. The summed E-state index contributed by atoms with van der Waals surface area (Å²) in [6.07, 6.45) is 3.66. The lowest BCUT2D eigenvalue weighted by Crippen LogP contribution is -1.95. The Morgan fingerprint density at radius 3 is 2.58 bits per heavy atom. The van der Waals surface area contributed by atoms with E-state index < -0.39 is 0 Å². The number of hydrogen-bond acceptors (Lipinski definition) is 2. The summed E-state index contributed by atoms with van der Waals surface area (Å²) in [7, 11) is 1.62. The number of allylic oxidation sites excluding steroid dienone is 1. The second-order valence-electron chi connectivity index (χ2n) is 5.18. The van der Waals surface area contributed by atoms with Gasteiger partial charge in [0.2, 0.25) is 0 Å². The number of benzene rings is 2. The van der Waals surface area contributed by atoms with Crippen molar-refractivity contribution in [2.45, 2.75) is 0 Å². The standard InChI is InChI=1S/C20H15FN2O/c1-24-20-9-7-18(8-10-20)23-11-3-6-19(23)13-16(14-22)15-4-2-5-17(21)12-15/h2-13H,1H3/b16-13-. The predicted molar refractivity (Wildman–Crippen MR) is 92.2 cm³/mol. The summed E-state index contributed by atoms with van der Waals surface area (Å²) in [5.74, 6) is 0.416. The normalized spacial score (nSPS) is 11.1. The van der Waals surface area contributed by atoms with Crippen molar-refractivity contribution >= 4 is 11.6 Å². The Morgan fingerprint density at radius 1 is 1.12 bits per heavy atom. The van der Waals surface area contributed by atoms with E-state index in [1.54, 1.807) is 25.3 Å². The molecule has 3 aromatic rings. The van der Waals surface area contributed by atoms with E-state index in [0.717, 1.165) is 17.1 Å². The average Bonchev–Trinajstić information content (AvgIpc) is 3.08. The minimum atomic E-state index is -0.362. The van der Waals surface area contributed by atoms with Gasteiger partial charge in [0.15, 0.2) is 0 Å². The number of aromatic nitrogens is 1. The molecule has 0 fully saturated rings. The molecule has 24 heavy (non-hydrogen) atoms. The first-order valence-corrected chi connectivity index (χ1v) is 7.41. The third-order valence-corrected chi connectivity index (χ3v) is 3.68. The van der Waals surface area contributed by atoms with Crippen LogP contribution in [0.15, 0.2) is 66.9 Å². The van der Waals surface area contributed by atoms with Crippen molar-refractivity contribution < 1.29 is 9.13 Å². The van der Waals surface area contributed by atoms with E-state index >= 15 is 0 Å². The van der Waals surface area contributed by atoms with Crippen LogP contribution in [0, 0.1) is 17.1 Å². The van der Waals surface area contributed by atoms with Crippen molar-refractivity contribution in [3.63, 3.8) is 0 Å². The maximum atomic E-state index is 13.4. The molecule has 0 saturated heterocycles. The number of methoxy groups -OCH3 is 1. The lowest BCUT2D eigenvalue weighted by atomic mass is 10.1. The quantitative estimate of drug-likeness (QED) is 0.655. The van der Waals surface area contributed by atoms with Gasteiger partial charge in [-0.05, 0) is 60.2 Å². The van der Waals surface area contributed by atoms with E-state index in [4.69, 9.17) is 4.74 Å². The molecule has 2 aromatic carbocycles. The summed E-state index contributed by atoms with van der Waals surface area (Å²) in [5.41, 5.74) is 2.74. The summed E-state index contributed by atoms with van der Waals surface area (Å²) in [6, 6.07) is 19.6. The fourth-order valence-corrected chi connectivity index (χ4v) is 2.47. The number of hydrogen-bond donors (Lipinski definition) is 0. The smallest absolute Gasteiger partial charge is 0.123 e. The highest BCUT2D eigenvalue weighted by atomic mass is 19.1. The molecule has 0 spiro atoms. The zero-order valence-corrected chi connectivity index (χ0v) is 13.1. The molecule has 0 unspecified atom stereocenters. The number of nitriles is 1. The first kappa shape index (κ1) is 15.6. The minimum Gasteiger partial charge on any atom is -0.497 e. The summed E-state index contributed by atoms with van der Waals surface area (Å²) in [6.45, 7) is 0. The molecule has 118 valence electrons. The van der Waals surface area contributed by atoms with Crippen molar-refractivity contribution in [2.24, 2.45) is 0 Å². The van der Waals surface area contributed by atoms with Gasteiger partial charge in [0.1, 0.15) is 11.6 Å². The molecule has 0 aliphatic heterocycles. The first-order valence-electron chi connectivity index (χ1n) is 7.41. The summed E-state index contributed by atoms with van der Waals surface area (Å²) >= 11 is 0. The molecule has 4 heteroatoms. The third-order valence-electron chi connectivity index (χ3n) is 3.68. The largest absolute Gasteiger partial charge is 0.497 e. The van der Waals surface area contributed by atoms with Crippen molar-refractivity contribution in [1.82, 2.24) is 4.57 Å². The van der Waals surface area contributed by atoms with E-state index in [2.05, 4.69) is 6.07 Å². The van der Waals surface area contributed by atoms with E-state index in [1.807, 2.05) is 47.2 Å². The fraction of sp³-hybridized carbons (Fsp3) is 0.0500. The van der Waals surface area contributed by atoms with Gasteiger partial charge in [0.05, 0.1) is 18.8 Å². The third kappa shape index (κ3) is 3.21. The topological polar surface area (TPSA) is 38.0 Å². The molecule has 0 aliphatic carbocycles. The van der Waals surface area contributed by atoms with Gasteiger partial charge in [0, 0.05) is 17.6 Å². The van der Waals surface area contributed by atoms with Crippen LogP contribution in [-0.4, -0.2) is 11.7 Å². The van der Waals surface area contributed by atoms with Crippen molar-refractivity contribution in [1.29, 1.82) is 5.26 Å². The lowest BCUT2D eigenvalue weighted by Gasteiger charge is -2.08. The molecule has 3 nitrogen and oxygen atoms in total. The monoisotopic (exact) mass is 318 g/mol. The highest BCUT2D eigenvalue weighted by Crippen LogP contribution is 2.22. The highest BCUT2D eigenvalue weighted by molar-refractivity contribution is 5.89. The van der Waals surface area contributed by atoms with Crippen LogP contribution < -0.4 is 4.74 Å². The fourth-order valence-electron chi connectivity index (χ4n) is 2.47. The lowest BCUT2D eigenvalue weighted by molar-refractivity contribution is 0.414. The Kier molecular flexibility index (Phi) is 4.44. The highest BCUT2D eigenvalue weighted by Gasteiger charge is 2.06. The number of nitrogens with zero attached hydrogens (tertiary/aromatic N) is 2. The second kappa shape index (κ2) is 6.84. The van der Waals surface area contributed by atoms with Crippen LogP contribution in [0.25, 0.3) is 17.3 Å². The molecular weight excluding hydrogens is 303 g/mol. The molecular formula is C20H15FN2O. The molecule has 0 atom stereocenters. The molecule has 1 heterocycles. The molecule has 0 radical (unpaired) electrons. The number of halogens is 1. The first-order chi connectivity index (χ1) is 11.7. The maximum Gasteiger partial charge on any atom is 0.123 e. The van der Waals surface area contributed by atoms with Crippen LogP contribution in [0.4, 0.5) is 4.39 Å².